The van der Waals surface area contributed by atoms with Crippen molar-refractivity contribution in [3.63, 3.8) is 0 Å². The van der Waals surface area contributed by atoms with E-state index in [9.17, 15) is 18.8 Å². The van der Waals surface area contributed by atoms with E-state index in [1.54, 1.807) is 18.2 Å². The highest BCUT2D eigenvalue weighted by Crippen LogP contribution is 2.28. The van der Waals surface area contributed by atoms with Crippen molar-refractivity contribution in [2.24, 2.45) is 17.4 Å². The lowest BCUT2D eigenvalue weighted by Gasteiger charge is -2.13. The van der Waals surface area contributed by atoms with Gasteiger partial charge in [0, 0.05) is 36.8 Å². The Morgan fingerprint density at radius 2 is 1.95 bits per heavy atom. The van der Waals surface area contributed by atoms with Crippen LogP contribution in [0.25, 0.3) is 11.1 Å². The van der Waals surface area contributed by atoms with Gasteiger partial charge in [-0.1, -0.05) is 32.0 Å². The minimum atomic E-state index is -0.611. The minimum Gasteiger partial charge on any atom is -0.464 e. The Morgan fingerprint density at radius 3 is 2.56 bits per heavy atom. The molecule has 1 unspecified atom stereocenters. The van der Waals surface area contributed by atoms with Crippen LogP contribution in [0.4, 0.5) is 15.8 Å². The molecule has 206 valence electrons. The van der Waals surface area contributed by atoms with E-state index in [0.717, 1.165) is 29.3 Å². The van der Waals surface area contributed by atoms with Gasteiger partial charge in [-0.25, -0.2) is 4.39 Å². The summed E-state index contributed by atoms with van der Waals surface area (Å²) in [4.78, 5) is 38.8. The second-order valence-corrected chi connectivity index (χ2v) is 9.51. The molecule has 1 aliphatic heterocycles. The fraction of sp³-hybridized carbons (Fsp3) is 0.310. The molecule has 2 aromatic carbocycles. The first-order valence-corrected chi connectivity index (χ1v) is 12.7. The number of pyridine rings is 1. The van der Waals surface area contributed by atoms with Gasteiger partial charge in [0.25, 0.3) is 5.91 Å². The van der Waals surface area contributed by atoms with Crippen molar-refractivity contribution in [1.29, 1.82) is 0 Å². The lowest BCUT2D eigenvalue weighted by molar-refractivity contribution is -0.139. The highest BCUT2D eigenvalue weighted by atomic mass is 19.1. The maximum atomic E-state index is 13.8. The van der Waals surface area contributed by atoms with Crippen LogP contribution in [0.3, 0.4) is 0 Å². The van der Waals surface area contributed by atoms with E-state index in [2.05, 4.69) is 34.2 Å². The van der Waals surface area contributed by atoms with Crippen LogP contribution in [0.2, 0.25) is 0 Å². The third-order valence-electron chi connectivity index (χ3n) is 5.99. The summed E-state index contributed by atoms with van der Waals surface area (Å²) < 4.78 is 18.3. The van der Waals surface area contributed by atoms with Gasteiger partial charge in [-0.05, 0) is 59.4 Å². The highest BCUT2D eigenvalue weighted by Gasteiger charge is 2.21. The van der Waals surface area contributed by atoms with Crippen LogP contribution in [0.1, 0.15) is 49.0 Å². The van der Waals surface area contributed by atoms with Gasteiger partial charge in [-0.3, -0.25) is 19.4 Å². The van der Waals surface area contributed by atoms with E-state index in [1.807, 2.05) is 24.3 Å². The number of amides is 2. The van der Waals surface area contributed by atoms with Crippen molar-refractivity contribution >= 4 is 29.2 Å². The Labute approximate surface area is 227 Å². The Balaban J connectivity index is 0.000000520. The average molecular weight is 536 g/mol. The molecule has 6 N–H and O–H groups in total. The third-order valence-corrected chi connectivity index (χ3v) is 5.99. The number of cyclic esters (lactones) is 1. The molecule has 4 rings (SSSR count). The molecule has 0 aliphatic carbocycles. The summed E-state index contributed by atoms with van der Waals surface area (Å²) in [6, 6.07) is 13.6. The van der Waals surface area contributed by atoms with Crippen molar-refractivity contribution in [3.8, 4) is 11.1 Å². The molecule has 2 heterocycles. The number of esters is 1. The van der Waals surface area contributed by atoms with Crippen LogP contribution in [-0.4, -0.2) is 35.4 Å². The number of carbonyl (C=O) groups excluding carboxylic acids is 3. The van der Waals surface area contributed by atoms with Crippen molar-refractivity contribution in [2.75, 3.05) is 17.2 Å². The summed E-state index contributed by atoms with van der Waals surface area (Å²) in [6.45, 7) is 4.93. The number of halogens is 1. The summed E-state index contributed by atoms with van der Waals surface area (Å²) in [5.41, 5.74) is 14.6. The summed E-state index contributed by atoms with van der Waals surface area (Å²) in [5.74, 6) is -0.908. The fourth-order valence-corrected chi connectivity index (χ4v) is 3.75. The predicted octanol–water partition coefficient (Wildman–Crippen LogP) is 4.23. The molecule has 0 radical (unpaired) electrons. The molecule has 0 saturated carbocycles. The molecule has 2 amide bonds. The standard InChI is InChI=1S/C25H27FN4O2.C4H7NO2/c1-16(2)6-9-24(31)29-20-5-3-4-17(12-20)21-13-18(7-8-19(21)14-27)25(32)30-23-10-11-28-15-22(23)26;5-3-1-2-7-4(3)6/h3-5,7-8,10-13,15-16H,6,9,14,27H2,1-2H3,(H,29,31)(H,28,30,32);3H,1-2,5H2. The number of hydrogen-bond acceptors (Lipinski definition) is 7. The van der Waals surface area contributed by atoms with Crippen LogP contribution in [0.5, 0.6) is 0 Å². The smallest absolute Gasteiger partial charge is 0.323 e. The summed E-state index contributed by atoms with van der Waals surface area (Å²) >= 11 is 0. The van der Waals surface area contributed by atoms with Crippen molar-refractivity contribution in [3.05, 3.63) is 77.9 Å². The van der Waals surface area contributed by atoms with Crippen molar-refractivity contribution in [2.45, 2.75) is 45.7 Å². The minimum absolute atomic E-state index is 0.0394. The maximum absolute atomic E-state index is 13.8. The van der Waals surface area contributed by atoms with Crippen molar-refractivity contribution in [1.82, 2.24) is 4.98 Å². The first-order valence-electron chi connectivity index (χ1n) is 12.7. The molecule has 1 saturated heterocycles. The number of nitrogens with two attached hydrogens (primary N) is 2. The molecule has 39 heavy (non-hydrogen) atoms. The van der Waals surface area contributed by atoms with Gasteiger partial charge in [0.1, 0.15) is 6.04 Å². The molecule has 0 bridgehead atoms. The lowest BCUT2D eigenvalue weighted by Crippen LogP contribution is -2.24. The largest absolute Gasteiger partial charge is 0.464 e. The predicted molar refractivity (Wildman–Crippen MR) is 148 cm³/mol. The second-order valence-electron chi connectivity index (χ2n) is 9.51. The SMILES string of the molecule is CC(C)CCC(=O)Nc1cccc(-c2cc(C(=O)Nc3ccncc3F)ccc2CN)c1.NC1CCOC1=O. The van der Waals surface area contributed by atoms with E-state index in [0.29, 0.717) is 36.6 Å². The van der Waals surface area contributed by atoms with Crippen LogP contribution < -0.4 is 22.1 Å². The first-order chi connectivity index (χ1) is 18.7. The van der Waals surface area contributed by atoms with Crippen molar-refractivity contribution < 1.29 is 23.5 Å². The van der Waals surface area contributed by atoms with E-state index in [-0.39, 0.29) is 30.2 Å². The number of rotatable bonds is 8. The number of aromatic nitrogens is 1. The molecule has 1 fully saturated rings. The van der Waals surface area contributed by atoms with Gasteiger partial charge in [0.05, 0.1) is 18.5 Å². The molecule has 1 aliphatic rings. The number of nitrogens with zero attached hydrogens (tertiary/aromatic N) is 1. The second kappa shape index (κ2) is 14.1. The van der Waals surface area contributed by atoms with Gasteiger partial charge in [-0.2, -0.15) is 0 Å². The molecule has 10 heteroatoms. The molecule has 1 aromatic heterocycles. The average Bonchev–Trinajstić information content (AvgIpc) is 3.30. The van der Waals surface area contributed by atoms with E-state index < -0.39 is 11.7 Å². The Morgan fingerprint density at radius 1 is 1.15 bits per heavy atom. The molecule has 1 atom stereocenters. The molecule has 9 nitrogen and oxygen atoms in total. The number of carbonyl (C=O) groups is 3. The van der Waals surface area contributed by atoms with E-state index >= 15 is 0 Å². The fourth-order valence-electron chi connectivity index (χ4n) is 3.75. The monoisotopic (exact) mass is 535 g/mol. The number of nitrogens with one attached hydrogen (secondary N) is 2. The normalized spacial score (nSPS) is 14.3. The number of anilines is 2. The quantitative estimate of drug-likeness (QED) is 0.315. The lowest BCUT2D eigenvalue weighted by atomic mass is 9.96. The molecular weight excluding hydrogens is 501 g/mol. The highest BCUT2D eigenvalue weighted by molar-refractivity contribution is 6.05. The summed E-state index contributed by atoms with van der Waals surface area (Å²) in [7, 11) is 0. The number of ether oxygens (including phenoxy) is 1. The summed E-state index contributed by atoms with van der Waals surface area (Å²) in [5, 5.41) is 5.49. The van der Waals surface area contributed by atoms with Crippen LogP contribution in [-0.2, 0) is 20.9 Å². The van der Waals surface area contributed by atoms with Gasteiger partial charge >= 0.3 is 5.97 Å². The van der Waals surface area contributed by atoms with Crippen LogP contribution in [0, 0.1) is 11.7 Å². The zero-order valence-corrected chi connectivity index (χ0v) is 22.1. The molecular formula is C29H34FN5O4. The number of hydrogen-bond donors (Lipinski definition) is 4. The zero-order chi connectivity index (χ0) is 28.4. The number of benzene rings is 2. The van der Waals surface area contributed by atoms with Crippen LogP contribution in [0.15, 0.2) is 60.9 Å². The van der Waals surface area contributed by atoms with Gasteiger partial charge in [-0.15, -0.1) is 0 Å². The van der Waals surface area contributed by atoms with Gasteiger partial charge in [0.2, 0.25) is 5.91 Å². The first kappa shape index (κ1) is 29.4. The topological polar surface area (TPSA) is 149 Å². The Hall–Kier alpha value is -4.15. The molecule has 0 spiro atoms. The third kappa shape index (κ3) is 8.69. The Bertz CT molecular complexity index is 1310. The van der Waals surface area contributed by atoms with Crippen LogP contribution >= 0.6 is 0 Å². The van der Waals surface area contributed by atoms with E-state index in [1.165, 1.54) is 12.3 Å². The van der Waals surface area contributed by atoms with E-state index in [4.69, 9.17) is 11.5 Å². The molecule has 3 aromatic rings. The Kier molecular flexibility index (Phi) is 10.7. The summed E-state index contributed by atoms with van der Waals surface area (Å²) in [6.07, 6.45) is 4.40. The van der Waals surface area contributed by atoms with Gasteiger partial charge in [0.15, 0.2) is 5.82 Å². The zero-order valence-electron chi connectivity index (χ0n) is 22.1. The van der Waals surface area contributed by atoms with Gasteiger partial charge < -0.3 is 26.8 Å². The maximum Gasteiger partial charge on any atom is 0.323 e.